The number of halogens is 2. The van der Waals surface area contributed by atoms with E-state index in [0.717, 1.165) is 5.56 Å². The van der Waals surface area contributed by atoms with Crippen molar-refractivity contribution in [3.05, 3.63) is 99.0 Å². The van der Waals surface area contributed by atoms with Crippen LogP contribution in [0.15, 0.2) is 72.3 Å². The summed E-state index contributed by atoms with van der Waals surface area (Å²) in [6, 6.07) is 17.8. The number of aliphatic hydroxyl groups excluding tert-OH is 1. The number of nitrogens with zero attached hydrogens (tertiary/aromatic N) is 1. The van der Waals surface area contributed by atoms with Crippen molar-refractivity contribution in [3.63, 3.8) is 0 Å². The van der Waals surface area contributed by atoms with E-state index in [1.165, 1.54) is 18.1 Å². The minimum absolute atomic E-state index is 0.0543. The molecule has 0 spiro atoms. The lowest BCUT2D eigenvalue weighted by Gasteiger charge is -2.25. The Morgan fingerprint density at radius 3 is 2.18 bits per heavy atom. The lowest BCUT2D eigenvalue weighted by molar-refractivity contribution is -0.140. The Morgan fingerprint density at radius 2 is 1.56 bits per heavy atom. The molecule has 3 aromatic carbocycles. The van der Waals surface area contributed by atoms with Crippen LogP contribution in [0.1, 0.15) is 22.7 Å². The third-order valence-corrected chi connectivity index (χ3v) is 6.14. The summed E-state index contributed by atoms with van der Waals surface area (Å²) < 4.78 is 10.5. The average Bonchev–Trinajstić information content (AvgIpc) is 3.09. The van der Waals surface area contributed by atoms with Gasteiger partial charge in [-0.1, -0.05) is 47.5 Å². The molecule has 34 heavy (non-hydrogen) atoms. The van der Waals surface area contributed by atoms with E-state index in [1.807, 2.05) is 12.1 Å². The van der Waals surface area contributed by atoms with Gasteiger partial charge in [-0.05, 0) is 53.6 Å². The predicted molar refractivity (Wildman–Crippen MR) is 130 cm³/mol. The molecule has 0 bridgehead atoms. The van der Waals surface area contributed by atoms with Crippen molar-refractivity contribution in [1.29, 1.82) is 0 Å². The molecule has 1 aliphatic heterocycles. The van der Waals surface area contributed by atoms with E-state index in [1.54, 1.807) is 55.6 Å². The van der Waals surface area contributed by atoms with Gasteiger partial charge in [-0.3, -0.25) is 9.59 Å². The molecule has 1 fully saturated rings. The van der Waals surface area contributed by atoms with Crippen LogP contribution in [0.3, 0.4) is 0 Å². The number of benzene rings is 3. The highest BCUT2D eigenvalue weighted by atomic mass is 35.5. The molecule has 1 unspecified atom stereocenters. The smallest absolute Gasteiger partial charge is 0.295 e. The van der Waals surface area contributed by atoms with Crippen molar-refractivity contribution in [1.82, 2.24) is 4.90 Å². The van der Waals surface area contributed by atoms with E-state index in [-0.39, 0.29) is 23.4 Å². The number of rotatable bonds is 6. The number of methoxy groups -OCH3 is 2. The molecule has 0 aliphatic carbocycles. The molecule has 0 saturated carbocycles. The van der Waals surface area contributed by atoms with Crippen LogP contribution in [0.2, 0.25) is 10.0 Å². The van der Waals surface area contributed by atoms with E-state index in [4.69, 9.17) is 32.7 Å². The van der Waals surface area contributed by atoms with Crippen molar-refractivity contribution < 1.29 is 24.2 Å². The summed E-state index contributed by atoms with van der Waals surface area (Å²) in [7, 11) is 3.01. The molecule has 1 saturated heterocycles. The van der Waals surface area contributed by atoms with Gasteiger partial charge in [0.05, 0.1) is 31.4 Å². The van der Waals surface area contributed by atoms with Gasteiger partial charge < -0.3 is 19.5 Å². The van der Waals surface area contributed by atoms with Crippen LogP contribution >= 0.6 is 23.2 Å². The van der Waals surface area contributed by atoms with Gasteiger partial charge in [0, 0.05) is 16.6 Å². The van der Waals surface area contributed by atoms with Crippen LogP contribution in [0.4, 0.5) is 0 Å². The quantitative estimate of drug-likeness (QED) is 0.271. The molecular weight excluding hydrogens is 477 g/mol. The van der Waals surface area contributed by atoms with Crippen molar-refractivity contribution in [2.75, 3.05) is 14.2 Å². The molecule has 1 atom stereocenters. The lowest BCUT2D eigenvalue weighted by atomic mass is 9.95. The van der Waals surface area contributed by atoms with Crippen molar-refractivity contribution in [3.8, 4) is 11.5 Å². The molecule has 174 valence electrons. The van der Waals surface area contributed by atoms with Crippen molar-refractivity contribution in [2.45, 2.75) is 12.6 Å². The first-order chi connectivity index (χ1) is 16.3. The molecule has 1 aliphatic rings. The normalized spacial score (nSPS) is 17.2. The Balaban J connectivity index is 1.87. The second kappa shape index (κ2) is 9.79. The van der Waals surface area contributed by atoms with Crippen LogP contribution in [0.25, 0.3) is 5.76 Å². The summed E-state index contributed by atoms with van der Waals surface area (Å²) in [5.41, 5.74) is 1.58. The largest absolute Gasteiger partial charge is 0.507 e. The molecule has 8 heteroatoms. The molecule has 1 N–H and O–H groups in total. The SMILES string of the molecule is COc1ccc(CN2C(=O)C(=O)/C(=C(/O)c3cc(Cl)ccc3OC)C2c2ccc(Cl)cc2)cc1. The van der Waals surface area contributed by atoms with Gasteiger partial charge in [0.15, 0.2) is 0 Å². The number of hydrogen-bond donors (Lipinski definition) is 1. The maximum atomic E-state index is 13.2. The summed E-state index contributed by atoms with van der Waals surface area (Å²) in [5.74, 6) is -0.896. The predicted octanol–water partition coefficient (Wildman–Crippen LogP) is 5.63. The number of carbonyl (C=O) groups excluding carboxylic acids is 2. The number of ether oxygens (including phenoxy) is 2. The topological polar surface area (TPSA) is 76.1 Å². The van der Waals surface area contributed by atoms with Gasteiger partial charge in [0.25, 0.3) is 11.7 Å². The van der Waals surface area contributed by atoms with Crippen LogP contribution in [0.5, 0.6) is 11.5 Å². The van der Waals surface area contributed by atoms with E-state index >= 15 is 0 Å². The van der Waals surface area contributed by atoms with Crippen molar-refractivity contribution in [2.24, 2.45) is 0 Å². The monoisotopic (exact) mass is 497 g/mol. The molecule has 1 heterocycles. The van der Waals surface area contributed by atoms with Crippen LogP contribution in [-0.2, 0) is 16.1 Å². The van der Waals surface area contributed by atoms with Gasteiger partial charge in [0.1, 0.15) is 17.3 Å². The summed E-state index contributed by atoms with van der Waals surface area (Å²) in [5, 5.41) is 12.1. The fourth-order valence-electron chi connectivity index (χ4n) is 3.97. The Kier molecular flexibility index (Phi) is 6.82. The number of likely N-dealkylation sites (tertiary alicyclic amines) is 1. The minimum atomic E-state index is -0.844. The van der Waals surface area contributed by atoms with Crippen LogP contribution in [-0.4, -0.2) is 35.9 Å². The van der Waals surface area contributed by atoms with Gasteiger partial charge in [-0.25, -0.2) is 0 Å². The first kappa shape index (κ1) is 23.7. The van der Waals surface area contributed by atoms with E-state index in [9.17, 15) is 14.7 Å². The summed E-state index contributed by atoms with van der Waals surface area (Å²) in [6.07, 6.45) is 0. The van der Waals surface area contributed by atoms with Gasteiger partial charge in [-0.2, -0.15) is 0 Å². The highest BCUT2D eigenvalue weighted by Crippen LogP contribution is 2.42. The lowest BCUT2D eigenvalue weighted by Crippen LogP contribution is -2.29. The second-order valence-corrected chi connectivity index (χ2v) is 8.54. The Hall–Kier alpha value is -3.48. The zero-order valence-corrected chi connectivity index (χ0v) is 19.9. The Bertz CT molecular complexity index is 1270. The van der Waals surface area contributed by atoms with Gasteiger partial charge >= 0.3 is 0 Å². The molecule has 6 nitrogen and oxygen atoms in total. The maximum Gasteiger partial charge on any atom is 0.295 e. The third kappa shape index (κ3) is 4.47. The highest BCUT2D eigenvalue weighted by Gasteiger charge is 2.46. The maximum absolute atomic E-state index is 13.2. The van der Waals surface area contributed by atoms with Crippen LogP contribution < -0.4 is 9.47 Å². The first-order valence-electron chi connectivity index (χ1n) is 10.3. The molecule has 0 radical (unpaired) electrons. The summed E-state index contributed by atoms with van der Waals surface area (Å²) >= 11 is 12.2. The highest BCUT2D eigenvalue weighted by molar-refractivity contribution is 6.46. The average molecular weight is 498 g/mol. The summed E-state index contributed by atoms with van der Waals surface area (Å²) in [6.45, 7) is 0.144. The number of hydrogen-bond acceptors (Lipinski definition) is 5. The van der Waals surface area contributed by atoms with E-state index < -0.39 is 17.7 Å². The number of amides is 1. The summed E-state index contributed by atoms with van der Waals surface area (Å²) in [4.78, 5) is 27.8. The molecular formula is C26H21Cl2NO5. The number of ketones is 1. The zero-order chi connectivity index (χ0) is 24.4. The zero-order valence-electron chi connectivity index (χ0n) is 18.4. The molecule has 1 amide bonds. The Morgan fingerprint density at radius 1 is 0.912 bits per heavy atom. The third-order valence-electron chi connectivity index (χ3n) is 5.65. The molecule has 0 aromatic heterocycles. The van der Waals surface area contributed by atoms with E-state index in [0.29, 0.717) is 27.1 Å². The van der Waals surface area contributed by atoms with E-state index in [2.05, 4.69) is 0 Å². The van der Waals surface area contributed by atoms with Crippen LogP contribution in [0, 0.1) is 0 Å². The second-order valence-electron chi connectivity index (χ2n) is 7.67. The number of Topliss-reactive ketones (excluding diaryl/α,β-unsaturated/α-hetero) is 1. The fraction of sp³-hybridized carbons (Fsp3) is 0.154. The molecule has 3 aromatic rings. The standard InChI is InChI=1S/C26H21Cl2NO5/c1-33-19-10-3-15(4-11-19)14-29-23(16-5-7-17(27)8-6-16)22(25(31)26(29)32)24(30)20-13-18(28)9-12-21(20)34-2/h3-13,23,30H,14H2,1-2H3/b24-22+. The Labute approximate surface area is 206 Å². The number of carbonyl (C=O) groups is 2. The number of aliphatic hydroxyl groups is 1. The molecule has 4 rings (SSSR count). The first-order valence-corrected chi connectivity index (χ1v) is 11.1. The van der Waals surface area contributed by atoms with Gasteiger partial charge in [0.2, 0.25) is 0 Å². The minimum Gasteiger partial charge on any atom is -0.507 e. The van der Waals surface area contributed by atoms with Crippen molar-refractivity contribution >= 4 is 40.7 Å². The van der Waals surface area contributed by atoms with Gasteiger partial charge in [-0.15, -0.1) is 0 Å². The fourth-order valence-corrected chi connectivity index (χ4v) is 4.27.